The fourth-order valence-corrected chi connectivity index (χ4v) is 3.21. The van der Waals surface area contributed by atoms with E-state index in [0.29, 0.717) is 6.04 Å². The Kier molecular flexibility index (Phi) is 3.86. The Morgan fingerprint density at radius 1 is 1.12 bits per heavy atom. The van der Waals surface area contributed by atoms with Crippen LogP contribution in [-0.2, 0) is 0 Å². The zero-order chi connectivity index (χ0) is 16.4. The van der Waals surface area contributed by atoms with Crippen molar-refractivity contribution in [1.29, 1.82) is 0 Å². The second-order valence-corrected chi connectivity index (χ2v) is 5.81. The normalized spacial score (nSPS) is 17.2. The molecule has 3 aromatic rings. The van der Waals surface area contributed by atoms with E-state index in [0.717, 1.165) is 36.8 Å². The molecule has 3 heterocycles. The summed E-state index contributed by atoms with van der Waals surface area (Å²) in [4.78, 5) is 11.4. The number of aromatic nitrogens is 4. The van der Waals surface area contributed by atoms with Gasteiger partial charge in [-0.2, -0.15) is 5.10 Å². The van der Waals surface area contributed by atoms with Crippen molar-refractivity contribution in [1.82, 2.24) is 19.7 Å². The average molecular weight is 321 g/mol. The number of hydrogen-bond acceptors (Lipinski definition) is 5. The fraction of sp³-hybridized carbons (Fsp3) is 0.278. The van der Waals surface area contributed by atoms with Gasteiger partial charge in [-0.3, -0.25) is 4.98 Å². The van der Waals surface area contributed by atoms with Crippen LogP contribution in [0.15, 0.2) is 55.1 Å². The summed E-state index contributed by atoms with van der Waals surface area (Å²) in [6.07, 6.45) is 9.43. The molecule has 24 heavy (non-hydrogen) atoms. The van der Waals surface area contributed by atoms with Crippen LogP contribution in [0.1, 0.15) is 24.4 Å². The van der Waals surface area contributed by atoms with Gasteiger partial charge < -0.3 is 9.64 Å². The zero-order valence-corrected chi connectivity index (χ0v) is 13.5. The third-order valence-corrected chi connectivity index (χ3v) is 4.40. The van der Waals surface area contributed by atoms with Gasteiger partial charge in [0.15, 0.2) is 5.82 Å². The number of benzene rings is 1. The lowest BCUT2D eigenvalue weighted by molar-refractivity contribution is 0.414. The molecule has 1 saturated heterocycles. The van der Waals surface area contributed by atoms with Gasteiger partial charge in [-0.05, 0) is 36.6 Å². The zero-order valence-electron chi connectivity index (χ0n) is 13.5. The lowest BCUT2D eigenvalue weighted by Crippen LogP contribution is -2.24. The van der Waals surface area contributed by atoms with E-state index in [-0.39, 0.29) is 0 Å². The van der Waals surface area contributed by atoms with Gasteiger partial charge in [-0.15, -0.1) is 0 Å². The van der Waals surface area contributed by atoms with Gasteiger partial charge in [-0.25, -0.2) is 9.67 Å². The molecule has 0 spiro atoms. The number of nitrogens with zero attached hydrogens (tertiary/aromatic N) is 5. The molecule has 122 valence electrons. The van der Waals surface area contributed by atoms with Crippen molar-refractivity contribution in [3.63, 3.8) is 0 Å². The molecule has 2 aromatic heterocycles. The SMILES string of the molecule is COc1ccc(C2CCCN2c2cncc(-n3cccn3)n2)cc1. The van der Waals surface area contributed by atoms with Crippen LogP contribution in [0.2, 0.25) is 0 Å². The van der Waals surface area contributed by atoms with Gasteiger partial charge in [0.05, 0.1) is 25.5 Å². The van der Waals surface area contributed by atoms with Crippen molar-refractivity contribution in [2.75, 3.05) is 18.6 Å². The molecular weight excluding hydrogens is 302 g/mol. The molecule has 0 radical (unpaired) electrons. The number of anilines is 1. The lowest BCUT2D eigenvalue weighted by Gasteiger charge is -2.26. The molecule has 0 amide bonds. The summed E-state index contributed by atoms with van der Waals surface area (Å²) in [5, 5.41) is 4.23. The summed E-state index contributed by atoms with van der Waals surface area (Å²) in [7, 11) is 1.69. The molecule has 1 unspecified atom stereocenters. The van der Waals surface area contributed by atoms with Crippen LogP contribution in [0.3, 0.4) is 0 Å². The van der Waals surface area contributed by atoms with Crippen molar-refractivity contribution >= 4 is 5.82 Å². The fourth-order valence-electron chi connectivity index (χ4n) is 3.21. The van der Waals surface area contributed by atoms with Crippen molar-refractivity contribution in [2.45, 2.75) is 18.9 Å². The first kappa shape index (κ1) is 14.7. The van der Waals surface area contributed by atoms with E-state index in [1.54, 1.807) is 24.2 Å². The molecule has 1 aliphatic rings. The van der Waals surface area contributed by atoms with E-state index in [2.05, 4.69) is 27.1 Å². The van der Waals surface area contributed by atoms with E-state index in [1.165, 1.54) is 5.56 Å². The van der Waals surface area contributed by atoms with Crippen molar-refractivity contribution < 1.29 is 4.74 Å². The molecule has 1 atom stereocenters. The van der Waals surface area contributed by atoms with Crippen LogP contribution in [-0.4, -0.2) is 33.4 Å². The number of rotatable bonds is 4. The number of ether oxygens (including phenoxy) is 1. The van der Waals surface area contributed by atoms with Crippen LogP contribution in [0.25, 0.3) is 5.82 Å². The molecule has 1 fully saturated rings. The Hall–Kier alpha value is -2.89. The largest absolute Gasteiger partial charge is 0.497 e. The third kappa shape index (κ3) is 2.71. The van der Waals surface area contributed by atoms with Gasteiger partial charge >= 0.3 is 0 Å². The van der Waals surface area contributed by atoms with Gasteiger partial charge in [0.1, 0.15) is 11.6 Å². The van der Waals surface area contributed by atoms with E-state index < -0.39 is 0 Å². The van der Waals surface area contributed by atoms with Crippen LogP contribution in [0.4, 0.5) is 5.82 Å². The molecule has 0 bridgehead atoms. The number of methoxy groups -OCH3 is 1. The summed E-state index contributed by atoms with van der Waals surface area (Å²) in [5.41, 5.74) is 1.28. The quantitative estimate of drug-likeness (QED) is 0.739. The van der Waals surface area contributed by atoms with Crippen molar-refractivity contribution in [3.8, 4) is 11.6 Å². The Morgan fingerprint density at radius 3 is 2.71 bits per heavy atom. The molecule has 1 aromatic carbocycles. The second-order valence-electron chi connectivity index (χ2n) is 5.81. The average Bonchev–Trinajstić information content (AvgIpc) is 3.34. The first-order chi connectivity index (χ1) is 11.8. The highest BCUT2D eigenvalue weighted by Gasteiger charge is 2.27. The summed E-state index contributed by atoms with van der Waals surface area (Å²) in [6.45, 7) is 0.980. The molecular formula is C18H19N5O. The van der Waals surface area contributed by atoms with Crippen LogP contribution in [0.5, 0.6) is 5.75 Å². The highest BCUT2D eigenvalue weighted by Crippen LogP contribution is 2.35. The Bertz CT molecular complexity index is 801. The Morgan fingerprint density at radius 2 is 1.96 bits per heavy atom. The molecule has 0 N–H and O–H groups in total. The maximum atomic E-state index is 5.25. The van der Waals surface area contributed by atoms with E-state index in [9.17, 15) is 0 Å². The molecule has 0 aliphatic carbocycles. The minimum atomic E-state index is 0.318. The molecule has 0 saturated carbocycles. The third-order valence-electron chi connectivity index (χ3n) is 4.40. The Labute approximate surface area is 140 Å². The Balaban J connectivity index is 1.64. The van der Waals surface area contributed by atoms with Gasteiger partial charge in [0.25, 0.3) is 0 Å². The van der Waals surface area contributed by atoms with Crippen LogP contribution < -0.4 is 9.64 Å². The summed E-state index contributed by atoms with van der Waals surface area (Å²) in [6, 6.07) is 10.5. The van der Waals surface area contributed by atoms with Crippen LogP contribution in [0, 0.1) is 0 Å². The number of hydrogen-bond donors (Lipinski definition) is 0. The molecule has 1 aliphatic heterocycles. The molecule has 4 rings (SSSR count). The first-order valence-electron chi connectivity index (χ1n) is 8.08. The van der Waals surface area contributed by atoms with E-state index in [1.807, 2.05) is 30.6 Å². The maximum absolute atomic E-state index is 5.25. The minimum absolute atomic E-state index is 0.318. The van der Waals surface area contributed by atoms with Crippen molar-refractivity contribution in [2.24, 2.45) is 0 Å². The maximum Gasteiger partial charge on any atom is 0.173 e. The predicted octanol–water partition coefficient (Wildman–Crippen LogP) is 3.01. The van der Waals surface area contributed by atoms with Crippen LogP contribution >= 0.6 is 0 Å². The van der Waals surface area contributed by atoms with Gasteiger partial charge in [0, 0.05) is 18.9 Å². The highest BCUT2D eigenvalue weighted by atomic mass is 16.5. The second kappa shape index (κ2) is 6.31. The smallest absolute Gasteiger partial charge is 0.173 e. The van der Waals surface area contributed by atoms with Gasteiger partial charge in [0.2, 0.25) is 0 Å². The summed E-state index contributed by atoms with van der Waals surface area (Å²) in [5.74, 6) is 2.50. The molecule has 6 nitrogen and oxygen atoms in total. The predicted molar refractivity (Wildman–Crippen MR) is 91.5 cm³/mol. The summed E-state index contributed by atoms with van der Waals surface area (Å²) < 4.78 is 6.99. The topological polar surface area (TPSA) is 56.1 Å². The van der Waals surface area contributed by atoms with E-state index >= 15 is 0 Å². The van der Waals surface area contributed by atoms with Gasteiger partial charge in [-0.1, -0.05) is 12.1 Å². The minimum Gasteiger partial charge on any atom is -0.497 e. The monoisotopic (exact) mass is 321 g/mol. The van der Waals surface area contributed by atoms with Crippen molar-refractivity contribution in [3.05, 3.63) is 60.7 Å². The lowest BCUT2D eigenvalue weighted by atomic mass is 10.0. The van der Waals surface area contributed by atoms with E-state index in [4.69, 9.17) is 9.72 Å². The molecule has 6 heteroatoms. The highest BCUT2D eigenvalue weighted by molar-refractivity contribution is 5.45. The first-order valence-corrected chi connectivity index (χ1v) is 8.08. The standard InChI is InChI=1S/C18H19N5O/c1-24-15-7-5-14(6-8-15)16-4-2-10-22(16)17-12-19-13-18(21-17)23-11-3-9-20-23/h3,5-9,11-13,16H,2,4,10H2,1H3. The summed E-state index contributed by atoms with van der Waals surface area (Å²) >= 11 is 0.